The van der Waals surface area contributed by atoms with Gasteiger partial charge in [-0.2, -0.15) is 0 Å². The van der Waals surface area contributed by atoms with E-state index in [1.165, 1.54) is 18.2 Å². The summed E-state index contributed by atoms with van der Waals surface area (Å²) in [4.78, 5) is 0. The van der Waals surface area contributed by atoms with Crippen LogP contribution in [-0.2, 0) is 0 Å². The van der Waals surface area contributed by atoms with E-state index >= 15 is 0 Å². The Morgan fingerprint density at radius 1 is 1.05 bits per heavy atom. The highest BCUT2D eigenvalue weighted by Crippen LogP contribution is 2.31. The molecule has 2 rings (SSSR count). The average Bonchev–Trinajstić information content (AvgIpc) is 2.30. The van der Waals surface area contributed by atoms with E-state index < -0.39 is 6.10 Å². The lowest BCUT2D eigenvalue weighted by Gasteiger charge is -2.14. The first kappa shape index (κ1) is 13.6. The van der Waals surface area contributed by atoms with Gasteiger partial charge in [-0.05, 0) is 62.2 Å². The first-order valence-electron chi connectivity index (χ1n) is 6.19. The topological polar surface area (TPSA) is 29.5 Å². The average molecular weight is 260 g/mol. The Kier molecular flexibility index (Phi) is 3.86. The van der Waals surface area contributed by atoms with Crippen LogP contribution in [0.2, 0.25) is 0 Å². The van der Waals surface area contributed by atoms with Gasteiger partial charge in [0, 0.05) is 5.56 Å². The molecule has 0 unspecified atom stereocenters. The normalized spacial score (nSPS) is 12.3. The minimum Gasteiger partial charge on any atom is -0.457 e. The maximum Gasteiger partial charge on any atom is 0.133 e. The molecule has 100 valence electrons. The number of benzene rings is 2. The van der Waals surface area contributed by atoms with E-state index in [9.17, 15) is 9.50 Å². The van der Waals surface area contributed by atoms with Crippen molar-refractivity contribution >= 4 is 0 Å². The van der Waals surface area contributed by atoms with Crippen LogP contribution in [0.1, 0.15) is 29.7 Å². The second-order valence-corrected chi connectivity index (χ2v) is 4.78. The molecule has 2 aromatic carbocycles. The summed E-state index contributed by atoms with van der Waals surface area (Å²) < 4.78 is 19.0. The van der Waals surface area contributed by atoms with Gasteiger partial charge in [0.1, 0.15) is 17.3 Å². The molecule has 1 N–H and O–H groups in total. The number of ether oxygens (including phenoxy) is 1. The zero-order valence-electron chi connectivity index (χ0n) is 11.3. The summed E-state index contributed by atoms with van der Waals surface area (Å²) in [7, 11) is 0. The molecule has 0 aliphatic heterocycles. The molecule has 1 atom stereocenters. The lowest BCUT2D eigenvalue weighted by atomic mass is 10.1. The SMILES string of the molecule is Cc1cc(C)cc(Oc2ccc(F)cc2[C@@H](C)O)c1. The fourth-order valence-corrected chi connectivity index (χ4v) is 2.06. The highest BCUT2D eigenvalue weighted by molar-refractivity contribution is 5.41. The molecule has 0 fully saturated rings. The van der Waals surface area contributed by atoms with Gasteiger partial charge in [0.2, 0.25) is 0 Å². The van der Waals surface area contributed by atoms with Gasteiger partial charge in [0.05, 0.1) is 6.10 Å². The lowest BCUT2D eigenvalue weighted by Crippen LogP contribution is -1.97. The van der Waals surface area contributed by atoms with E-state index in [1.54, 1.807) is 6.92 Å². The van der Waals surface area contributed by atoms with Gasteiger partial charge in [-0.15, -0.1) is 0 Å². The van der Waals surface area contributed by atoms with Crippen molar-refractivity contribution in [1.82, 2.24) is 0 Å². The number of aryl methyl sites for hydroxylation is 2. The third-order valence-electron chi connectivity index (χ3n) is 2.84. The number of rotatable bonds is 3. The Morgan fingerprint density at radius 3 is 2.26 bits per heavy atom. The molecule has 0 bridgehead atoms. The molecular formula is C16H17FO2. The highest BCUT2D eigenvalue weighted by Gasteiger charge is 2.11. The van der Waals surface area contributed by atoms with Crippen molar-refractivity contribution in [3.8, 4) is 11.5 Å². The standard InChI is InChI=1S/C16H17FO2/c1-10-6-11(2)8-14(7-10)19-16-5-4-13(17)9-15(16)12(3)18/h4-9,12,18H,1-3H3/t12-/m1/s1. The van der Waals surface area contributed by atoms with Crippen molar-refractivity contribution in [3.05, 3.63) is 58.9 Å². The summed E-state index contributed by atoms with van der Waals surface area (Å²) in [5.74, 6) is 0.774. The van der Waals surface area contributed by atoms with Crippen LogP contribution in [0, 0.1) is 19.7 Å². The van der Waals surface area contributed by atoms with Crippen LogP contribution in [-0.4, -0.2) is 5.11 Å². The van der Waals surface area contributed by atoms with Crippen molar-refractivity contribution in [2.75, 3.05) is 0 Å². The second-order valence-electron chi connectivity index (χ2n) is 4.78. The third kappa shape index (κ3) is 3.32. The van der Waals surface area contributed by atoms with Crippen molar-refractivity contribution < 1.29 is 14.2 Å². The number of hydrogen-bond acceptors (Lipinski definition) is 2. The first-order valence-corrected chi connectivity index (χ1v) is 6.19. The zero-order chi connectivity index (χ0) is 14.0. The molecule has 2 nitrogen and oxygen atoms in total. The fraction of sp³-hybridized carbons (Fsp3) is 0.250. The third-order valence-corrected chi connectivity index (χ3v) is 2.84. The smallest absolute Gasteiger partial charge is 0.133 e. The number of halogens is 1. The summed E-state index contributed by atoms with van der Waals surface area (Å²) in [5.41, 5.74) is 2.63. The summed E-state index contributed by atoms with van der Waals surface area (Å²) >= 11 is 0. The van der Waals surface area contributed by atoms with Gasteiger partial charge in [-0.3, -0.25) is 0 Å². The zero-order valence-corrected chi connectivity index (χ0v) is 11.3. The van der Waals surface area contributed by atoms with E-state index in [0.29, 0.717) is 17.1 Å². The van der Waals surface area contributed by atoms with Gasteiger partial charge in [-0.25, -0.2) is 4.39 Å². The molecule has 0 heterocycles. The maximum absolute atomic E-state index is 13.2. The predicted octanol–water partition coefficient (Wildman–Crippen LogP) is 4.29. The van der Waals surface area contributed by atoms with Crippen molar-refractivity contribution in [2.24, 2.45) is 0 Å². The minimum absolute atomic E-state index is 0.385. The van der Waals surface area contributed by atoms with Crippen molar-refractivity contribution in [3.63, 3.8) is 0 Å². The van der Waals surface area contributed by atoms with Crippen LogP contribution < -0.4 is 4.74 Å². The quantitative estimate of drug-likeness (QED) is 0.892. The molecule has 19 heavy (non-hydrogen) atoms. The molecule has 3 heteroatoms. The van der Waals surface area contributed by atoms with Gasteiger partial charge < -0.3 is 9.84 Å². The molecule has 0 saturated carbocycles. The Bertz CT molecular complexity index is 571. The molecule has 0 aliphatic rings. The maximum atomic E-state index is 13.2. The van der Waals surface area contributed by atoms with Gasteiger partial charge >= 0.3 is 0 Å². The van der Waals surface area contributed by atoms with E-state index in [4.69, 9.17) is 4.74 Å². The van der Waals surface area contributed by atoms with Crippen LogP contribution in [0.15, 0.2) is 36.4 Å². The van der Waals surface area contributed by atoms with Gasteiger partial charge in [0.15, 0.2) is 0 Å². The fourth-order valence-electron chi connectivity index (χ4n) is 2.06. The molecule has 0 aliphatic carbocycles. The van der Waals surface area contributed by atoms with Gasteiger partial charge in [0.25, 0.3) is 0 Å². The second kappa shape index (κ2) is 5.41. The highest BCUT2D eigenvalue weighted by atomic mass is 19.1. The molecule has 0 spiro atoms. The number of aliphatic hydroxyl groups excluding tert-OH is 1. The molecule has 2 aromatic rings. The van der Waals surface area contributed by atoms with E-state index in [-0.39, 0.29) is 5.82 Å². The van der Waals surface area contributed by atoms with Crippen LogP contribution in [0.5, 0.6) is 11.5 Å². The molecule has 0 saturated heterocycles. The Hall–Kier alpha value is -1.87. The molecule has 0 radical (unpaired) electrons. The largest absolute Gasteiger partial charge is 0.457 e. The van der Waals surface area contributed by atoms with E-state index in [0.717, 1.165) is 11.1 Å². The lowest BCUT2D eigenvalue weighted by molar-refractivity contribution is 0.195. The summed E-state index contributed by atoms with van der Waals surface area (Å²) in [6, 6.07) is 10.0. The summed E-state index contributed by atoms with van der Waals surface area (Å²) in [5, 5.41) is 9.67. The van der Waals surface area contributed by atoms with E-state index in [1.807, 2.05) is 32.0 Å². The molecular weight excluding hydrogens is 243 g/mol. The van der Waals surface area contributed by atoms with E-state index in [2.05, 4.69) is 0 Å². The predicted molar refractivity (Wildman–Crippen MR) is 73.0 cm³/mol. The van der Waals surface area contributed by atoms with Gasteiger partial charge in [-0.1, -0.05) is 6.07 Å². The van der Waals surface area contributed by atoms with Crippen molar-refractivity contribution in [1.29, 1.82) is 0 Å². The molecule has 0 aromatic heterocycles. The summed E-state index contributed by atoms with van der Waals surface area (Å²) in [6.45, 7) is 5.56. The Labute approximate surface area is 112 Å². The van der Waals surface area contributed by atoms with Crippen LogP contribution in [0.3, 0.4) is 0 Å². The monoisotopic (exact) mass is 260 g/mol. The Balaban J connectivity index is 2.37. The summed E-state index contributed by atoms with van der Waals surface area (Å²) in [6.07, 6.45) is -0.781. The number of hydrogen-bond donors (Lipinski definition) is 1. The van der Waals surface area contributed by atoms with Crippen LogP contribution in [0.25, 0.3) is 0 Å². The minimum atomic E-state index is -0.781. The first-order chi connectivity index (χ1) is 8.95. The molecule has 0 amide bonds. The van der Waals surface area contributed by atoms with Crippen LogP contribution in [0.4, 0.5) is 4.39 Å². The number of aliphatic hydroxyl groups is 1. The van der Waals surface area contributed by atoms with Crippen molar-refractivity contribution in [2.45, 2.75) is 26.9 Å². The Morgan fingerprint density at radius 2 is 1.68 bits per heavy atom. The van der Waals surface area contributed by atoms with Crippen LogP contribution >= 0.6 is 0 Å².